The molecule has 9 heteroatoms. The van der Waals surface area contributed by atoms with Crippen LogP contribution in [0.15, 0.2) is 34.0 Å². The predicted octanol–water partition coefficient (Wildman–Crippen LogP) is 4.52. The lowest BCUT2D eigenvalue weighted by molar-refractivity contribution is -0.131. The Hall–Kier alpha value is -2.39. The van der Waals surface area contributed by atoms with E-state index in [1.807, 2.05) is 10.3 Å². The normalized spacial score (nSPS) is 11.0. The molecule has 0 fully saturated rings. The lowest BCUT2D eigenvalue weighted by atomic mass is 10.1. The van der Waals surface area contributed by atoms with Crippen LogP contribution in [0.5, 0.6) is 0 Å². The highest BCUT2D eigenvalue weighted by atomic mass is 32.2. The minimum absolute atomic E-state index is 0.0889. The van der Waals surface area contributed by atoms with E-state index in [2.05, 4.69) is 43.3 Å². The Morgan fingerprint density at radius 3 is 2.28 bits per heavy atom. The zero-order chi connectivity index (χ0) is 23.7. The van der Waals surface area contributed by atoms with Crippen molar-refractivity contribution in [1.82, 2.24) is 9.88 Å². The molecule has 0 radical (unpaired) electrons. The molecule has 0 saturated heterocycles. The molecule has 0 spiro atoms. The van der Waals surface area contributed by atoms with Gasteiger partial charge in [0.2, 0.25) is 17.7 Å². The number of thioether (sulfide) groups is 1. The average molecular weight is 477 g/mol. The van der Waals surface area contributed by atoms with Crippen molar-refractivity contribution in [2.75, 3.05) is 29.5 Å². The summed E-state index contributed by atoms with van der Waals surface area (Å²) in [4.78, 5) is 42.7. The van der Waals surface area contributed by atoms with Crippen LogP contribution in [0.2, 0.25) is 0 Å². The third-order valence-corrected chi connectivity index (χ3v) is 6.25. The van der Waals surface area contributed by atoms with Gasteiger partial charge < -0.3 is 15.5 Å². The molecule has 1 aromatic carbocycles. The zero-order valence-electron chi connectivity index (χ0n) is 19.3. The molecule has 0 atom stereocenters. The maximum Gasteiger partial charge on any atom is 0.234 e. The van der Waals surface area contributed by atoms with Crippen molar-refractivity contribution in [3.05, 3.63) is 35.3 Å². The maximum atomic E-state index is 12.7. The Bertz CT molecular complexity index is 917. The number of carbonyl (C=O) groups excluding carboxylic acids is 3. The number of anilines is 2. The van der Waals surface area contributed by atoms with Crippen LogP contribution in [0.3, 0.4) is 0 Å². The summed E-state index contributed by atoms with van der Waals surface area (Å²) in [6.07, 6.45) is 0.276. The number of nitrogens with one attached hydrogen (secondary N) is 2. The second-order valence-corrected chi connectivity index (χ2v) is 10.5. The van der Waals surface area contributed by atoms with Crippen molar-refractivity contribution in [2.45, 2.75) is 45.4 Å². The van der Waals surface area contributed by atoms with E-state index >= 15 is 0 Å². The molecule has 174 valence electrons. The molecule has 2 rings (SSSR count). The van der Waals surface area contributed by atoms with Crippen LogP contribution >= 0.6 is 23.1 Å². The summed E-state index contributed by atoms with van der Waals surface area (Å²) in [5, 5.41) is 7.40. The minimum Gasteiger partial charge on any atom is -0.342 e. The van der Waals surface area contributed by atoms with E-state index in [0.29, 0.717) is 23.2 Å². The number of nitrogens with zero attached hydrogens (tertiary/aromatic N) is 2. The lowest BCUT2D eigenvalue weighted by Crippen LogP contribution is -2.38. The number of thiazole rings is 1. The first-order valence-electron chi connectivity index (χ1n) is 10.6. The van der Waals surface area contributed by atoms with Crippen LogP contribution in [-0.2, 0) is 20.8 Å². The predicted molar refractivity (Wildman–Crippen MR) is 132 cm³/mol. The van der Waals surface area contributed by atoms with E-state index in [1.54, 1.807) is 24.3 Å². The first-order valence-corrected chi connectivity index (χ1v) is 12.5. The molecule has 0 unspecified atom stereocenters. The summed E-state index contributed by atoms with van der Waals surface area (Å²) in [6, 6.07) is 6.99. The second-order valence-electron chi connectivity index (χ2n) is 8.47. The average Bonchev–Trinajstić information content (AvgIpc) is 3.12. The van der Waals surface area contributed by atoms with Crippen LogP contribution in [0.25, 0.3) is 0 Å². The van der Waals surface area contributed by atoms with Gasteiger partial charge in [-0.2, -0.15) is 0 Å². The van der Waals surface area contributed by atoms with Crippen LogP contribution in [-0.4, -0.2) is 46.4 Å². The Morgan fingerprint density at radius 1 is 1.06 bits per heavy atom. The van der Waals surface area contributed by atoms with Crippen LogP contribution in [0, 0.1) is 11.8 Å². The SMILES string of the molecule is CC(=O)Nc1cccc(NC(=O)CSc2nc(CC(=O)N(CC(C)C)CC(C)C)cs2)c1. The van der Waals surface area contributed by atoms with Crippen molar-refractivity contribution in [3.8, 4) is 0 Å². The number of hydrogen-bond donors (Lipinski definition) is 2. The summed E-state index contributed by atoms with van der Waals surface area (Å²) < 4.78 is 0.759. The van der Waals surface area contributed by atoms with Crippen molar-refractivity contribution >= 4 is 52.2 Å². The van der Waals surface area contributed by atoms with Crippen LogP contribution in [0.1, 0.15) is 40.3 Å². The number of carbonyl (C=O) groups is 3. The van der Waals surface area contributed by atoms with E-state index in [0.717, 1.165) is 23.1 Å². The van der Waals surface area contributed by atoms with Crippen molar-refractivity contribution in [3.63, 3.8) is 0 Å². The quantitative estimate of drug-likeness (QED) is 0.466. The number of amides is 3. The van der Waals surface area contributed by atoms with E-state index in [9.17, 15) is 14.4 Å². The molecule has 0 aliphatic heterocycles. The van der Waals surface area contributed by atoms with Crippen molar-refractivity contribution < 1.29 is 14.4 Å². The molecule has 7 nitrogen and oxygen atoms in total. The maximum absolute atomic E-state index is 12.7. The topological polar surface area (TPSA) is 91.4 Å². The zero-order valence-corrected chi connectivity index (χ0v) is 20.9. The monoisotopic (exact) mass is 476 g/mol. The van der Waals surface area contributed by atoms with Gasteiger partial charge in [0, 0.05) is 36.8 Å². The van der Waals surface area contributed by atoms with Gasteiger partial charge in [-0.15, -0.1) is 11.3 Å². The van der Waals surface area contributed by atoms with Gasteiger partial charge in [-0.3, -0.25) is 14.4 Å². The third kappa shape index (κ3) is 9.40. The van der Waals surface area contributed by atoms with Crippen LogP contribution in [0.4, 0.5) is 11.4 Å². The molecular weight excluding hydrogens is 444 g/mol. The largest absolute Gasteiger partial charge is 0.342 e. The highest BCUT2D eigenvalue weighted by Crippen LogP contribution is 2.24. The number of benzene rings is 1. The fourth-order valence-electron chi connectivity index (χ4n) is 3.06. The second kappa shape index (κ2) is 12.6. The summed E-state index contributed by atoms with van der Waals surface area (Å²) in [6.45, 7) is 11.4. The molecule has 32 heavy (non-hydrogen) atoms. The van der Waals surface area contributed by atoms with Gasteiger partial charge in [-0.25, -0.2) is 4.98 Å². The smallest absolute Gasteiger partial charge is 0.234 e. The van der Waals surface area contributed by atoms with Gasteiger partial charge in [0.15, 0.2) is 4.34 Å². The molecule has 2 N–H and O–H groups in total. The fourth-order valence-corrected chi connectivity index (χ4v) is 4.71. The third-order valence-electron chi connectivity index (χ3n) is 4.18. The minimum atomic E-state index is -0.168. The molecule has 2 aromatic rings. The van der Waals surface area contributed by atoms with E-state index in [-0.39, 0.29) is 29.9 Å². The highest BCUT2D eigenvalue weighted by Gasteiger charge is 2.18. The van der Waals surface area contributed by atoms with E-state index in [1.165, 1.54) is 30.0 Å². The summed E-state index contributed by atoms with van der Waals surface area (Å²) >= 11 is 2.78. The summed E-state index contributed by atoms with van der Waals surface area (Å²) in [7, 11) is 0. The van der Waals surface area contributed by atoms with Gasteiger partial charge in [0.1, 0.15) is 0 Å². The molecule has 0 aliphatic carbocycles. The van der Waals surface area contributed by atoms with Crippen LogP contribution < -0.4 is 10.6 Å². The standard InChI is InChI=1S/C23H32N4O3S2/c1-15(2)11-27(12-16(3)4)22(30)10-20-13-31-23(26-20)32-14-21(29)25-19-8-6-7-18(9-19)24-17(5)28/h6-9,13,15-16H,10-12,14H2,1-5H3,(H,24,28)(H,25,29). The summed E-state index contributed by atoms with van der Waals surface area (Å²) in [5.74, 6) is 0.791. The number of aromatic nitrogens is 1. The molecule has 3 amide bonds. The Morgan fingerprint density at radius 2 is 1.69 bits per heavy atom. The van der Waals surface area contributed by atoms with Gasteiger partial charge >= 0.3 is 0 Å². The van der Waals surface area contributed by atoms with E-state index in [4.69, 9.17) is 0 Å². The Balaban J connectivity index is 1.87. The van der Waals surface area contributed by atoms with Gasteiger partial charge in [0.25, 0.3) is 0 Å². The number of rotatable bonds is 11. The van der Waals surface area contributed by atoms with E-state index < -0.39 is 0 Å². The van der Waals surface area contributed by atoms with Crippen molar-refractivity contribution in [1.29, 1.82) is 0 Å². The molecule has 1 heterocycles. The Kier molecular flexibility index (Phi) is 10.2. The molecule has 0 bridgehead atoms. The Labute approximate surface area is 198 Å². The molecule has 0 saturated carbocycles. The lowest BCUT2D eigenvalue weighted by Gasteiger charge is -2.26. The first-order chi connectivity index (χ1) is 15.1. The summed E-state index contributed by atoms with van der Waals surface area (Å²) in [5.41, 5.74) is 1.98. The molecule has 0 aliphatic rings. The molecular formula is C23H32N4O3S2. The van der Waals surface area contributed by atoms with Gasteiger partial charge in [-0.05, 0) is 30.0 Å². The van der Waals surface area contributed by atoms with Crippen molar-refractivity contribution in [2.24, 2.45) is 11.8 Å². The fraction of sp³-hybridized carbons (Fsp3) is 0.478. The first kappa shape index (κ1) is 25.9. The van der Waals surface area contributed by atoms with Gasteiger partial charge in [-0.1, -0.05) is 45.5 Å². The van der Waals surface area contributed by atoms with Gasteiger partial charge in [0.05, 0.1) is 17.9 Å². The highest BCUT2D eigenvalue weighted by molar-refractivity contribution is 8.01. The molecule has 1 aromatic heterocycles. The number of hydrogen-bond acceptors (Lipinski definition) is 6.